The second-order valence-electron chi connectivity index (χ2n) is 7.40. The van der Waals surface area contributed by atoms with Crippen LogP contribution in [0.25, 0.3) is 0 Å². The van der Waals surface area contributed by atoms with E-state index in [0.29, 0.717) is 44.2 Å². The van der Waals surface area contributed by atoms with E-state index in [1.165, 1.54) is 6.26 Å². The van der Waals surface area contributed by atoms with Crippen LogP contribution in [0, 0.1) is 18.3 Å². The van der Waals surface area contributed by atoms with E-state index in [1.54, 1.807) is 24.3 Å². The molecule has 0 saturated carbocycles. The molecule has 2 saturated heterocycles. The highest BCUT2D eigenvalue weighted by Crippen LogP contribution is 2.45. The highest BCUT2D eigenvalue weighted by Gasteiger charge is 2.51. The van der Waals surface area contributed by atoms with Crippen LogP contribution < -0.4 is 5.32 Å². The predicted molar refractivity (Wildman–Crippen MR) is 101 cm³/mol. The highest BCUT2D eigenvalue weighted by molar-refractivity contribution is 7.09. The molecule has 2 aliphatic rings. The minimum absolute atomic E-state index is 0.0320. The molecule has 0 unspecified atom stereocenters. The number of carbonyl (C=O) groups is 2. The number of likely N-dealkylation sites (tertiary alicyclic amines) is 1. The number of nitrogens with zero attached hydrogens (tertiary/aromatic N) is 1. The van der Waals surface area contributed by atoms with Crippen molar-refractivity contribution in [2.75, 3.05) is 26.3 Å². The monoisotopic (exact) mass is 388 g/mol. The Labute approximate surface area is 162 Å². The summed E-state index contributed by atoms with van der Waals surface area (Å²) in [4.78, 5) is 29.0. The molecule has 1 N–H and O–H groups in total. The van der Waals surface area contributed by atoms with Gasteiger partial charge in [-0.3, -0.25) is 9.59 Å². The lowest BCUT2D eigenvalue weighted by Crippen LogP contribution is -2.44. The molecule has 144 valence electrons. The van der Waals surface area contributed by atoms with Crippen molar-refractivity contribution < 1.29 is 18.7 Å². The minimum atomic E-state index is -0.211. The zero-order chi connectivity index (χ0) is 18.9. The lowest BCUT2D eigenvalue weighted by molar-refractivity contribution is -0.130. The van der Waals surface area contributed by atoms with E-state index < -0.39 is 0 Å². The standard InChI is InChI=1S/C20H24N2O4S/c1-14-16(4-7-26-14)19(24)22-12-17(20(13-22)5-8-25-9-6-20)18(23)21-11-15-3-2-10-27-15/h2-4,7,10,17H,5-6,8-9,11-13H2,1H3,(H,21,23)/t17-/m1/s1. The molecular formula is C20H24N2O4S. The van der Waals surface area contributed by atoms with E-state index in [9.17, 15) is 9.59 Å². The maximum absolute atomic E-state index is 13.0. The number of hydrogen-bond acceptors (Lipinski definition) is 5. The molecule has 0 aromatic carbocycles. The van der Waals surface area contributed by atoms with Crippen LogP contribution in [0.15, 0.2) is 34.3 Å². The van der Waals surface area contributed by atoms with Crippen LogP contribution in [0.2, 0.25) is 0 Å². The second kappa shape index (κ2) is 7.48. The van der Waals surface area contributed by atoms with Gasteiger partial charge in [-0.15, -0.1) is 11.3 Å². The van der Waals surface area contributed by atoms with E-state index in [0.717, 1.165) is 17.7 Å². The fraction of sp³-hybridized carbons (Fsp3) is 0.500. The molecule has 27 heavy (non-hydrogen) atoms. The molecular weight excluding hydrogens is 364 g/mol. The van der Waals surface area contributed by atoms with Gasteiger partial charge < -0.3 is 19.4 Å². The maximum atomic E-state index is 13.0. The summed E-state index contributed by atoms with van der Waals surface area (Å²) in [5.41, 5.74) is 0.377. The Balaban J connectivity index is 1.52. The smallest absolute Gasteiger partial charge is 0.257 e. The Morgan fingerprint density at radius 3 is 2.81 bits per heavy atom. The van der Waals surface area contributed by atoms with Gasteiger partial charge in [0.15, 0.2) is 0 Å². The molecule has 7 heteroatoms. The van der Waals surface area contributed by atoms with Gasteiger partial charge >= 0.3 is 0 Å². The van der Waals surface area contributed by atoms with Crippen LogP contribution in [-0.2, 0) is 16.1 Å². The number of rotatable bonds is 4. The van der Waals surface area contributed by atoms with Crippen LogP contribution in [0.4, 0.5) is 0 Å². The zero-order valence-electron chi connectivity index (χ0n) is 15.4. The Bertz CT molecular complexity index is 808. The van der Waals surface area contributed by atoms with Crippen molar-refractivity contribution >= 4 is 23.2 Å². The van der Waals surface area contributed by atoms with Gasteiger partial charge in [-0.25, -0.2) is 0 Å². The van der Waals surface area contributed by atoms with Gasteiger partial charge in [0.25, 0.3) is 5.91 Å². The second-order valence-corrected chi connectivity index (χ2v) is 8.43. The minimum Gasteiger partial charge on any atom is -0.469 e. The molecule has 4 heterocycles. The SMILES string of the molecule is Cc1occc1C(=O)N1C[C@H](C(=O)NCc2cccs2)C2(CCOCC2)C1. The van der Waals surface area contributed by atoms with E-state index in [4.69, 9.17) is 9.15 Å². The number of carbonyl (C=O) groups excluding carboxylic acids is 2. The Morgan fingerprint density at radius 1 is 1.33 bits per heavy atom. The van der Waals surface area contributed by atoms with Crippen molar-refractivity contribution in [3.05, 3.63) is 46.0 Å². The first-order valence-electron chi connectivity index (χ1n) is 9.30. The summed E-state index contributed by atoms with van der Waals surface area (Å²) in [6, 6.07) is 5.70. The maximum Gasteiger partial charge on any atom is 0.257 e. The predicted octanol–water partition coefficient (Wildman–Crippen LogP) is 2.83. The van der Waals surface area contributed by atoms with Crippen molar-refractivity contribution in [1.29, 1.82) is 0 Å². The lowest BCUT2D eigenvalue weighted by Gasteiger charge is -2.37. The summed E-state index contributed by atoms with van der Waals surface area (Å²) in [5.74, 6) is 0.384. The average molecular weight is 388 g/mol. The Morgan fingerprint density at radius 2 is 2.15 bits per heavy atom. The summed E-state index contributed by atoms with van der Waals surface area (Å²) < 4.78 is 10.8. The first kappa shape index (κ1) is 18.3. The first-order valence-corrected chi connectivity index (χ1v) is 10.2. The highest BCUT2D eigenvalue weighted by atomic mass is 32.1. The van der Waals surface area contributed by atoms with E-state index in [1.807, 2.05) is 22.4 Å². The van der Waals surface area contributed by atoms with Crippen LogP contribution >= 0.6 is 11.3 Å². The first-order chi connectivity index (χ1) is 13.1. The van der Waals surface area contributed by atoms with Crippen molar-refractivity contribution in [2.45, 2.75) is 26.3 Å². The Kier molecular flexibility index (Phi) is 5.06. The fourth-order valence-corrected chi connectivity index (χ4v) is 4.90. The van der Waals surface area contributed by atoms with Crippen molar-refractivity contribution in [1.82, 2.24) is 10.2 Å². The molecule has 2 amide bonds. The average Bonchev–Trinajstić information content (AvgIpc) is 3.41. The number of hydrogen-bond donors (Lipinski definition) is 1. The molecule has 0 radical (unpaired) electrons. The molecule has 2 aromatic heterocycles. The summed E-state index contributed by atoms with van der Waals surface area (Å²) >= 11 is 1.63. The lowest BCUT2D eigenvalue weighted by atomic mass is 9.72. The van der Waals surface area contributed by atoms with E-state index in [-0.39, 0.29) is 23.1 Å². The van der Waals surface area contributed by atoms with Gasteiger partial charge in [-0.2, -0.15) is 0 Å². The molecule has 4 rings (SSSR count). The quantitative estimate of drug-likeness (QED) is 0.874. The third-order valence-electron chi connectivity index (χ3n) is 5.85. The van der Waals surface area contributed by atoms with Crippen molar-refractivity contribution in [3.8, 4) is 0 Å². The van der Waals surface area contributed by atoms with Gasteiger partial charge in [0.2, 0.25) is 5.91 Å². The number of furan rings is 1. The number of nitrogens with one attached hydrogen (secondary N) is 1. The number of amides is 2. The third kappa shape index (κ3) is 3.53. The topological polar surface area (TPSA) is 71.8 Å². The molecule has 0 aliphatic carbocycles. The number of ether oxygens (including phenoxy) is 1. The molecule has 6 nitrogen and oxygen atoms in total. The molecule has 2 aliphatic heterocycles. The normalized spacial score (nSPS) is 21.5. The van der Waals surface area contributed by atoms with Crippen LogP contribution in [-0.4, -0.2) is 43.0 Å². The van der Waals surface area contributed by atoms with Gasteiger partial charge in [0.05, 0.1) is 24.3 Å². The van der Waals surface area contributed by atoms with Gasteiger partial charge in [-0.1, -0.05) is 6.07 Å². The Hall–Kier alpha value is -2.12. The summed E-state index contributed by atoms with van der Waals surface area (Å²) in [7, 11) is 0. The zero-order valence-corrected chi connectivity index (χ0v) is 16.2. The molecule has 2 aromatic rings. The van der Waals surface area contributed by atoms with E-state index in [2.05, 4.69) is 5.32 Å². The summed E-state index contributed by atoms with van der Waals surface area (Å²) in [5, 5.41) is 5.08. The van der Waals surface area contributed by atoms with E-state index >= 15 is 0 Å². The van der Waals surface area contributed by atoms with Crippen molar-refractivity contribution in [3.63, 3.8) is 0 Å². The molecule has 1 spiro atoms. The van der Waals surface area contributed by atoms with Gasteiger partial charge in [0, 0.05) is 36.6 Å². The largest absolute Gasteiger partial charge is 0.469 e. The van der Waals surface area contributed by atoms with Crippen LogP contribution in [0.3, 0.4) is 0 Å². The van der Waals surface area contributed by atoms with Crippen LogP contribution in [0.1, 0.15) is 33.8 Å². The fourth-order valence-electron chi connectivity index (χ4n) is 4.26. The molecule has 1 atom stereocenters. The molecule has 2 fully saturated rings. The third-order valence-corrected chi connectivity index (χ3v) is 6.72. The summed E-state index contributed by atoms with van der Waals surface area (Å²) in [6.07, 6.45) is 3.14. The van der Waals surface area contributed by atoms with Crippen molar-refractivity contribution in [2.24, 2.45) is 11.3 Å². The number of thiophene rings is 1. The van der Waals surface area contributed by atoms with Gasteiger partial charge in [-0.05, 0) is 37.3 Å². The summed E-state index contributed by atoms with van der Waals surface area (Å²) in [6.45, 7) is 4.65. The van der Waals surface area contributed by atoms with Gasteiger partial charge in [0.1, 0.15) is 5.76 Å². The number of aryl methyl sites for hydroxylation is 1. The van der Waals surface area contributed by atoms with Crippen LogP contribution in [0.5, 0.6) is 0 Å². The molecule has 0 bridgehead atoms.